The van der Waals surface area contributed by atoms with Crippen LogP contribution >= 0.6 is 0 Å². The van der Waals surface area contributed by atoms with Crippen LogP contribution < -0.4 is 21.4 Å². The molecule has 170 valence electrons. The van der Waals surface area contributed by atoms with Crippen LogP contribution in [0.3, 0.4) is 0 Å². The fraction of sp³-hybridized carbons (Fsp3) is 0.458. The molecule has 0 aromatic heterocycles. The quantitative estimate of drug-likeness (QED) is 0.379. The first-order valence-corrected chi connectivity index (χ1v) is 12.5. The number of nitrogens with two attached hydrogens (primary N) is 1. The Kier molecular flexibility index (Phi) is 8.97. The van der Waals surface area contributed by atoms with Crippen LogP contribution in [0, 0.1) is 0 Å². The maximum absolute atomic E-state index is 12.5. The third-order valence-corrected chi connectivity index (χ3v) is 10.6. The van der Waals surface area contributed by atoms with E-state index in [2.05, 4.69) is 50.4 Å². The number of nitrogens with one attached hydrogen (secondary N) is 1. The molecule has 6 nitrogen and oxygen atoms in total. The maximum atomic E-state index is 12.5. The van der Waals surface area contributed by atoms with Crippen molar-refractivity contribution in [2.24, 2.45) is 5.73 Å². The lowest BCUT2D eigenvalue weighted by Crippen LogP contribution is -2.67. The van der Waals surface area contributed by atoms with Crippen molar-refractivity contribution in [2.75, 3.05) is 20.3 Å². The van der Waals surface area contributed by atoms with Crippen LogP contribution in [0.1, 0.15) is 27.7 Å². The second-order valence-corrected chi connectivity index (χ2v) is 13.2. The van der Waals surface area contributed by atoms with Crippen LogP contribution in [0.25, 0.3) is 0 Å². The topological polar surface area (TPSA) is 93.8 Å². The highest BCUT2D eigenvalue weighted by Gasteiger charge is 2.50. The number of aliphatic hydroxyl groups excluding tert-OH is 1. The number of ether oxygens (including phenoxy) is 1. The first kappa shape index (κ1) is 25.2. The molecule has 2 aromatic carbocycles. The number of carbonyl (C=O) groups excluding carboxylic acids is 1. The van der Waals surface area contributed by atoms with E-state index in [4.69, 9.17) is 14.9 Å². The van der Waals surface area contributed by atoms with E-state index in [0.717, 1.165) is 10.4 Å². The van der Waals surface area contributed by atoms with E-state index in [1.807, 2.05) is 36.4 Å². The lowest BCUT2D eigenvalue weighted by molar-refractivity contribution is -0.144. The molecule has 0 heterocycles. The Labute approximate surface area is 186 Å². The van der Waals surface area contributed by atoms with E-state index in [0.29, 0.717) is 0 Å². The van der Waals surface area contributed by atoms with Gasteiger partial charge >= 0.3 is 5.97 Å². The van der Waals surface area contributed by atoms with Gasteiger partial charge in [0.1, 0.15) is 6.04 Å². The second kappa shape index (κ2) is 11.0. The zero-order valence-corrected chi connectivity index (χ0v) is 20.2. The molecule has 0 fully saturated rings. The first-order chi connectivity index (χ1) is 14.6. The average molecular weight is 445 g/mol. The van der Waals surface area contributed by atoms with Gasteiger partial charge in [0.25, 0.3) is 8.32 Å². The number of benzene rings is 2. The van der Waals surface area contributed by atoms with Crippen molar-refractivity contribution in [2.45, 2.75) is 50.9 Å². The highest BCUT2D eigenvalue weighted by Crippen LogP contribution is 2.36. The molecule has 0 aliphatic rings. The summed E-state index contributed by atoms with van der Waals surface area (Å²) in [6.07, 6.45) is -0.691. The first-order valence-electron chi connectivity index (χ1n) is 10.6. The third kappa shape index (κ3) is 6.02. The molecule has 0 bridgehead atoms. The van der Waals surface area contributed by atoms with Crippen LogP contribution in [-0.4, -0.2) is 57.8 Å². The minimum atomic E-state index is -2.78. The number of esters is 1. The largest absolute Gasteiger partial charge is 0.468 e. The lowest BCUT2D eigenvalue weighted by Gasteiger charge is -2.43. The van der Waals surface area contributed by atoms with Gasteiger partial charge in [0, 0.05) is 12.6 Å². The molecule has 4 N–H and O–H groups in total. The van der Waals surface area contributed by atoms with Crippen LogP contribution in [-0.2, 0) is 14.0 Å². The van der Waals surface area contributed by atoms with Crippen molar-refractivity contribution in [3.8, 4) is 0 Å². The Bertz CT molecular complexity index is 770. The van der Waals surface area contributed by atoms with E-state index >= 15 is 0 Å². The molecule has 0 radical (unpaired) electrons. The van der Waals surface area contributed by atoms with Crippen molar-refractivity contribution in [3.63, 3.8) is 0 Å². The van der Waals surface area contributed by atoms with Gasteiger partial charge in [0.15, 0.2) is 0 Å². The monoisotopic (exact) mass is 444 g/mol. The molecule has 0 amide bonds. The van der Waals surface area contributed by atoms with Gasteiger partial charge in [-0.2, -0.15) is 0 Å². The smallest absolute Gasteiger partial charge is 0.325 e. The SMILES string of the molecule is COC(=O)C(CO[Si](c1ccccc1)(c1ccccc1)C(C)(C)C)NCC(N)C(C)O. The van der Waals surface area contributed by atoms with Gasteiger partial charge in [0.2, 0.25) is 0 Å². The fourth-order valence-corrected chi connectivity index (χ4v) is 8.34. The number of hydrogen-bond donors (Lipinski definition) is 3. The van der Waals surface area contributed by atoms with Crippen molar-refractivity contribution in [1.82, 2.24) is 5.32 Å². The summed E-state index contributed by atoms with van der Waals surface area (Å²) >= 11 is 0. The fourth-order valence-electron chi connectivity index (χ4n) is 3.77. The summed E-state index contributed by atoms with van der Waals surface area (Å²) < 4.78 is 11.8. The standard InChI is InChI=1S/C24H36N2O4Si/c1-18(27)21(25)16-26-22(23(28)29-5)17-30-31(24(2,3)4,19-12-8-6-9-13-19)20-14-10-7-11-15-20/h6-15,18,21-22,26-27H,16-17,25H2,1-5H3. The number of methoxy groups -OCH3 is 1. The predicted octanol–water partition coefficient (Wildman–Crippen LogP) is 1.40. The zero-order chi connectivity index (χ0) is 23.1. The van der Waals surface area contributed by atoms with Crippen molar-refractivity contribution >= 4 is 24.7 Å². The Morgan fingerprint density at radius 2 is 1.55 bits per heavy atom. The molecule has 3 atom stereocenters. The summed E-state index contributed by atoms with van der Waals surface area (Å²) in [4.78, 5) is 12.5. The van der Waals surface area contributed by atoms with E-state index in [1.165, 1.54) is 7.11 Å². The van der Waals surface area contributed by atoms with Gasteiger partial charge < -0.3 is 25.3 Å². The summed E-state index contributed by atoms with van der Waals surface area (Å²) in [5, 5.41) is 14.9. The Hall–Kier alpha value is -2.03. The zero-order valence-electron chi connectivity index (χ0n) is 19.2. The van der Waals surface area contributed by atoms with Gasteiger partial charge in [0.05, 0.1) is 19.8 Å². The van der Waals surface area contributed by atoms with Crippen molar-refractivity contribution in [3.05, 3.63) is 60.7 Å². The summed E-state index contributed by atoms with van der Waals surface area (Å²) in [5.41, 5.74) is 5.94. The van der Waals surface area contributed by atoms with E-state index < -0.39 is 32.5 Å². The molecule has 0 aliphatic carbocycles. The van der Waals surface area contributed by atoms with Crippen LogP contribution in [0.2, 0.25) is 5.04 Å². The Morgan fingerprint density at radius 1 is 1.06 bits per heavy atom. The number of hydrogen-bond acceptors (Lipinski definition) is 6. The average Bonchev–Trinajstić information content (AvgIpc) is 2.75. The molecule has 2 aromatic rings. The second-order valence-electron chi connectivity index (χ2n) is 8.86. The Morgan fingerprint density at radius 3 is 1.94 bits per heavy atom. The van der Waals surface area contributed by atoms with Gasteiger partial charge in [-0.25, -0.2) is 0 Å². The number of rotatable bonds is 10. The number of aliphatic hydroxyl groups is 1. The van der Waals surface area contributed by atoms with Crippen molar-refractivity contribution in [1.29, 1.82) is 0 Å². The van der Waals surface area contributed by atoms with Gasteiger partial charge in [-0.3, -0.25) is 4.79 Å². The summed E-state index contributed by atoms with van der Waals surface area (Å²) in [6.45, 7) is 8.57. The minimum absolute atomic E-state index is 0.131. The van der Waals surface area contributed by atoms with Crippen LogP contribution in [0.5, 0.6) is 0 Å². The highest BCUT2D eigenvalue weighted by molar-refractivity contribution is 6.99. The molecule has 31 heavy (non-hydrogen) atoms. The van der Waals surface area contributed by atoms with Crippen LogP contribution in [0.15, 0.2) is 60.7 Å². The van der Waals surface area contributed by atoms with Crippen molar-refractivity contribution < 1.29 is 19.1 Å². The third-order valence-electron chi connectivity index (χ3n) is 5.59. The molecule has 2 rings (SSSR count). The molecular formula is C24H36N2O4Si. The van der Waals surface area contributed by atoms with Gasteiger partial charge in [-0.05, 0) is 22.3 Å². The van der Waals surface area contributed by atoms with Crippen LogP contribution in [0.4, 0.5) is 0 Å². The molecule has 0 saturated heterocycles. The molecule has 3 unspecified atom stereocenters. The maximum Gasteiger partial charge on any atom is 0.325 e. The lowest BCUT2D eigenvalue weighted by atomic mass is 10.2. The van der Waals surface area contributed by atoms with E-state index in [9.17, 15) is 9.90 Å². The molecule has 0 aliphatic heterocycles. The van der Waals surface area contributed by atoms with E-state index in [1.54, 1.807) is 6.92 Å². The van der Waals surface area contributed by atoms with E-state index in [-0.39, 0.29) is 18.2 Å². The molecule has 7 heteroatoms. The highest BCUT2D eigenvalue weighted by atomic mass is 28.4. The van der Waals surface area contributed by atoms with Gasteiger partial charge in [-0.1, -0.05) is 81.4 Å². The number of carbonyl (C=O) groups is 1. The van der Waals surface area contributed by atoms with Gasteiger partial charge in [-0.15, -0.1) is 0 Å². The summed E-state index contributed by atoms with van der Waals surface area (Å²) in [7, 11) is -1.42. The minimum Gasteiger partial charge on any atom is -0.468 e. The molecular weight excluding hydrogens is 408 g/mol. The molecule has 0 saturated carbocycles. The normalized spacial score (nSPS) is 15.2. The predicted molar refractivity (Wildman–Crippen MR) is 127 cm³/mol. The molecule has 0 spiro atoms. The summed E-state index contributed by atoms with van der Waals surface area (Å²) in [6, 6.07) is 19.3. The Balaban J connectivity index is 2.43. The summed E-state index contributed by atoms with van der Waals surface area (Å²) in [5.74, 6) is -0.421.